The van der Waals surface area contributed by atoms with Gasteiger partial charge in [0.1, 0.15) is 0 Å². The van der Waals surface area contributed by atoms with Crippen LogP contribution in [0.4, 0.5) is 0 Å². The molecule has 0 spiro atoms. The summed E-state index contributed by atoms with van der Waals surface area (Å²) in [5, 5.41) is 0. The number of halogens is 1. The van der Waals surface area contributed by atoms with Gasteiger partial charge in [0.15, 0.2) is 0 Å². The normalized spacial score (nSPS) is 13.6. The predicted octanol–water partition coefficient (Wildman–Crippen LogP) is -1.06. The maximum absolute atomic E-state index is 10.3. The summed E-state index contributed by atoms with van der Waals surface area (Å²) >= 11 is 3.18. The molecule has 1 N–H and O–H groups in total. The van der Waals surface area contributed by atoms with Gasteiger partial charge in [0, 0.05) is 4.83 Å². The Bertz CT molecular complexity index is 198. The van der Waals surface area contributed by atoms with Crippen molar-refractivity contribution in [3.63, 3.8) is 0 Å². The molecular weight excluding hydrogens is 255 g/mol. The summed E-state index contributed by atoms with van der Waals surface area (Å²) in [7, 11) is -3.80. The smallest absolute Gasteiger partial charge is 1.00 e. The van der Waals surface area contributed by atoms with E-state index in [-0.39, 0.29) is 41.6 Å². The van der Waals surface area contributed by atoms with Crippen molar-refractivity contribution in [1.82, 2.24) is 0 Å². The predicted molar refractivity (Wildman–Crippen MR) is 49.8 cm³/mol. The van der Waals surface area contributed by atoms with Crippen LogP contribution in [0.3, 0.4) is 0 Å². The summed E-state index contributed by atoms with van der Waals surface area (Å²) in [4.78, 5) is -0.113. The molecule has 6 heteroatoms. The Morgan fingerprint density at radius 3 is 2.42 bits per heavy atom. The minimum atomic E-state index is -3.80. The van der Waals surface area contributed by atoms with Crippen LogP contribution in [0.25, 0.3) is 0 Å². The van der Waals surface area contributed by atoms with E-state index in [4.69, 9.17) is 4.55 Å². The summed E-state index contributed by atoms with van der Waals surface area (Å²) in [5.74, 6) is -0.188. The molecule has 0 aliphatic carbocycles. The molecule has 0 saturated heterocycles. The molecule has 0 aliphatic heterocycles. The van der Waals surface area contributed by atoms with E-state index in [1.54, 1.807) is 0 Å². The molecule has 0 aromatic rings. The van der Waals surface area contributed by atoms with Crippen molar-refractivity contribution in [3.8, 4) is 0 Å². The Balaban J connectivity index is -0.000000500. The van der Waals surface area contributed by atoms with Crippen LogP contribution in [0, 0.1) is 0 Å². The molecular formula is C6H14BrNaO3S. The summed E-state index contributed by atoms with van der Waals surface area (Å²) in [5.41, 5.74) is 0. The average Bonchev–Trinajstić information content (AvgIpc) is 1.79. The number of alkyl halides is 1. The van der Waals surface area contributed by atoms with Gasteiger partial charge in [-0.1, -0.05) is 35.7 Å². The van der Waals surface area contributed by atoms with Crippen LogP contribution in [0.5, 0.6) is 0 Å². The van der Waals surface area contributed by atoms with Gasteiger partial charge in [-0.25, -0.2) is 0 Å². The Hall–Kier alpha value is 1.39. The molecule has 12 heavy (non-hydrogen) atoms. The van der Waals surface area contributed by atoms with Crippen LogP contribution in [0.15, 0.2) is 0 Å². The Kier molecular flexibility index (Phi) is 10.2. The quantitative estimate of drug-likeness (QED) is 0.393. The molecule has 1 unspecified atom stereocenters. The van der Waals surface area contributed by atoms with Gasteiger partial charge in [-0.05, 0) is 6.42 Å². The molecule has 0 heterocycles. The first-order chi connectivity index (χ1) is 4.95. The molecule has 0 aromatic heterocycles. The standard InChI is InChI=1S/C6H13BrO3S.Na.H/c1-2-3-4-6(7)5-11(8,9)10;;/h6H,2-5H2,1H3,(H,8,9,10);;/q;+1;-1. The van der Waals surface area contributed by atoms with Crippen LogP contribution in [-0.2, 0) is 10.1 Å². The fourth-order valence-electron chi connectivity index (χ4n) is 0.737. The second-order valence-electron chi connectivity index (χ2n) is 2.49. The van der Waals surface area contributed by atoms with Gasteiger partial charge in [0.25, 0.3) is 10.1 Å². The Labute approximate surface area is 106 Å². The Morgan fingerprint density at radius 1 is 1.58 bits per heavy atom. The van der Waals surface area contributed by atoms with Gasteiger partial charge in [0.05, 0.1) is 5.75 Å². The molecule has 0 aliphatic rings. The maximum Gasteiger partial charge on any atom is 1.00 e. The van der Waals surface area contributed by atoms with Crippen molar-refractivity contribution in [2.45, 2.75) is 31.0 Å². The summed E-state index contributed by atoms with van der Waals surface area (Å²) in [6.07, 6.45) is 2.80. The monoisotopic (exact) mass is 268 g/mol. The average molecular weight is 269 g/mol. The van der Waals surface area contributed by atoms with Gasteiger partial charge in [-0.3, -0.25) is 4.55 Å². The third-order valence-corrected chi connectivity index (χ3v) is 3.30. The van der Waals surface area contributed by atoms with E-state index in [1.807, 2.05) is 6.92 Å². The van der Waals surface area contributed by atoms with Crippen LogP contribution in [-0.4, -0.2) is 23.6 Å². The minimum absolute atomic E-state index is 0. The number of hydrogen-bond acceptors (Lipinski definition) is 2. The van der Waals surface area contributed by atoms with Crippen molar-refractivity contribution in [2.75, 3.05) is 5.75 Å². The third-order valence-electron chi connectivity index (χ3n) is 1.26. The maximum atomic E-state index is 10.3. The molecule has 0 bridgehead atoms. The van der Waals surface area contributed by atoms with E-state index >= 15 is 0 Å². The molecule has 70 valence electrons. The van der Waals surface area contributed by atoms with Crippen LogP contribution in [0.2, 0.25) is 0 Å². The van der Waals surface area contributed by atoms with Gasteiger partial charge >= 0.3 is 29.6 Å². The number of unbranched alkanes of at least 4 members (excludes halogenated alkanes) is 1. The molecule has 0 rings (SSSR count). The fraction of sp³-hybridized carbons (Fsp3) is 1.00. The second kappa shape index (κ2) is 7.76. The molecule has 0 aromatic carbocycles. The first kappa shape index (κ1) is 15.8. The van der Waals surface area contributed by atoms with E-state index in [1.165, 1.54) is 0 Å². The van der Waals surface area contributed by atoms with Crippen molar-refractivity contribution < 1.29 is 44.0 Å². The largest absolute Gasteiger partial charge is 1.00 e. The first-order valence-corrected chi connectivity index (χ1v) is 6.07. The van der Waals surface area contributed by atoms with E-state index < -0.39 is 10.1 Å². The van der Waals surface area contributed by atoms with Crippen molar-refractivity contribution >= 4 is 26.0 Å². The van der Waals surface area contributed by atoms with Gasteiger partial charge in [0.2, 0.25) is 0 Å². The molecule has 0 radical (unpaired) electrons. The van der Waals surface area contributed by atoms with Crippen LogP contribution >= 0.6 is 15.9 Å². The van der Waals surface area contributed by atoms with Gasteiger partial charge in [-0.2, -0.15) is 8.42 Å². The van der Waals surface area contributed by atoms with Crippen molar-refractivity contribution in [1.29, 1.82) is 0 Å². The zero-order valence-electron chi connectivity index (χ0n) is 8.46. The Morgan fingerprint density at radius 2 is 2.08 bits per heavy atom. The summed E-state index contributed by atoms with van der Waals surface area (Å²) in [6, 6.07) is 0. The van der Waals surface area contributed by atoms with E-state index in [0.29, 0.717) is 0 Å². The summed E-state index contributed by atoms with van der Waals surface area (Å²) < 4.78 is 29.1. The fourth-order valence-corrected chi connectivity index (χ4v) is 2.69. The summed E-state index contributed by atoms with van der Waals surface area (Å²) in [6.45, 7) is 2.03. The van der Waals surface area contributed by atoms with E-state index in [2.05, 4.69) is 15.9 Å². The van der Waals surface area contributed by atoms with Gasteiger partial charge < -0.3 is 1.43 Å². The van der Waals surface area contributed by atoms with E-state index in [0.717, 1.165) is 19.3 Å². The number of hydrogen-bond donors (Lipinski definition) is 1. The second-order valence-corrected chi connectivity index (χ2v) is 5.28. The minimum Gasteiger partial charge on any atom is -1.00 e. The molecule has 0 saturated carbocycles. The molecule has 1 atom stereocenters. The van der Waals surface area contributed by atoms with Crippen molar-refractivity contribution in [3.05, 3.63) is 0 Å². The number of rotatable bonds is 5. The van der Waals surface area contributed by atoms with Crippen molar-refractivity contribution in [2.24, 2.45) is 0 Å². The molecule has 3 nitrogen and oxygen atoms in total. The van der Waals surface area contributed by atoms with Crippen LogP contribution in [0.1, 0.15) is 27.6 Å². The SMILES string of the molecule is CCCCC(Br)CS(=O)(=O)O.[H-].[Na+]. The van der Waals surface area contributed by atoms with Gasteiger partial charge in [-0.15, -0.1) is 0 Å². The third kappa shape index (κ3) is 11.4. The van der Waals surface area contributed by atoms with E-state index in [9.17, 15) is 8.42 Å². The molecule has 0 amide bonds. The first-order valence-electron chi connectivity index (χ1n) is 3.55. The van der Waals surface area contributed by atoms with Crippen LogP contribution < -0.4 is 29.6 Å². The zero-order valence-corrected chi connectivity index (χ0v) is 11.9. The molecule has 0 fully saturated rings. The zero-order chi connectivity index (χ0) is 8.91. The topological polar surface area (TPSA) is 54.4 Å².